The van der Waals surface area contributed by atoms with E-state index in [9.17, 15) is 8.42 Å². The van der Waals surface area contributed by atoms with Crippen molar-refractivity contribution in [3.05, 3.63) is 12.2 Å². The molecule has 0 fully saturated rings. The predicted octanol–water partition coefficient (Wildman–Crippen LogP) is 5.77. The average molecular weight is 321 g/mol. The number of rotatable bonds is 11. The van der Waals surface area contributed by atoms with Crippen LogP contribution in [0, 0.1) is 0 Å². The van der Waals surface area contributed by atoms with Gasteiger partial charge in [0.05, 0.1) is 5.25 Å². The molecule has 0 heterocycles. The van der Waals surface area contributed by atoms with Crippen molar-refractivity contribution in [3.8, 4) is 0 Å². The molecule has 1 unspecified atom stereocenters. The molecule has 1 N–H and O–H groups in total. The van der Waals surface area contributed by atoms with Crippen LogP contribution in [-0.4, -0.2) is 18.2 Å². The van der Waals surface area contributed by atoms with Crippen LogP contribution >= 0.6 is 0 Å². The average Bonchev–Trinajstić information content (AvgIpc) is 2.35. The Kier molecular flexibility index (Phi) is 15.9. The van der Waals surface area contributed by atoms with Crippen LogP contribution in [0.25, 0.3) is 0 Å². The van der Waals surface area contributed by atoms with E-state index in [1.807, 2.05) is 20.8 Å². The van der Waals surface area contributed by atoms with Crippen molar-refractivity contribution in [2.24, 2.45) is 0 Å². The molecule has 0 saturated carbocycles. The largest absolute Gasteiger partial charge is 0.285 e. The lowest BCUT2D eigenvalue weighted by atomic mass is 10.1. The van der Waals surface area contributed by atoms with Gasteiger partial charge in [-0.3, -0.25) is 4.55 Å². The maximum Gasteiger partial charge on any atom is 0.267 e. The lowest BCUT2D eigenvalue weighted by Crippen LogP contribution is -2.19. The van der Waals surface area contributed by atoms with Crippen LogP contribution in [0.1, 0.15) is 91.9 Å². The maximum atomic E-state index is 11.0. The first-order chi connectivity index (χ1) is 9.75. The Labute approximate surface area is 133 Å². The third-order valence-electron chi connectivity index (χ3n) is 3.26. The molecule has 0 aromatic rings. The van der Waals surface area contributed by atoms with Crippen molar-refractivity contribution in [2.45, 2.75) is 97.2 Å². The molecule has 0 aliphatic carbocycles. The van der Waals surface area contributed by atoms with Crippen LogP contribution in [0.4, 0.5) is 0 Å². The second kappa shape index (κ2) is 14.6. The lowest BCUT2D eigenvalue weighted by Gasteiger charge is -2.10. The summed E-state index contributed by atoms with van der Waals surface area (Å²) in [4.78, 5) is 0. The smallest absolute Gasteiger partial charge is 0.267 e. The van der Waals surface area contributed by atoms with E-state index in [1.165, 1.54) is 44.1 Å². The summed E-state index contributed by atoms with van der Waals surface area (Å²) in [6, 6.07) is 0. The van der Waals surface area contributed by atoms with Gasteiger partial charge < -0.3 is 0 Å². The Morgan fingerprint density at radius 1 is 0.952 bits per heavy atom. The van der Waals surface area contributed by atoms with Crippen LogP contribution in [0.3, 0.4) is 0 Å². The van der Waals surface area contributed by atoms with Gasteiger partial charge in [-0.1, -0.05) is 70.8 Å². The predicted molar refractivity (Wildman–Crippen MR) is 93.3 cm³/mol. The summed E-state index contributed by atoms with van der Waals surface area (Å²) >= 11 is 0. The molecule has 0 aliphatic heterocycles. The van der Waals surface area contributed by atoms with Gasteiger partial charge in [-0.2, -0.15) is 8.42 Å². The number of allylic oxidation sites excluding steroid dienone is 1. The fraction of sp³-hybridized carbons (Fsp3) is 0.882. The van der Waals surface area contributed by atoms with Crippen molar-refractivity contribution in [2.75, 3.05) is 0 Å². The highest BCUT2D eigenvalue weighted by molar-refractivity contribution is 7.86. The first-order valence-electron chi connectivity index (χ1n) is 8.34. The number of unbranched alkanes of at least 4 members (excludes halogenated alkanes) is 7. The van der Waals surface area contributed by atoms with E-state index in [0.29, 0.717) is 12.8 Å². The van der Waals surface area contributed by atoms with Crippen molar-refractivity contribution < 1.29 is 13.0 Å². The first kappa shape index (κ1) is 22.9. The molecule has 0 aliphatic rings. The Bertz CT molecular complexity index is 330. The topological polar surface area (TPSA) is 54.4 Å². The molecular weight excluding hydrogens is 284 g/mol. The van der Waals surface area contributed by atoms with Gasteiger partial charge in [0.25, 0.3) is 10.1 Å². The third-order valence-corrected chi connectivity index (χ3v) is 4.67. The van der Waals surface area contributed by atoms with Gasteiger partial charge in [-0.05, 0) is 26.7 Å². The van der Waals surface area contributed by atoms with Crippen LogP contribution < -0.4 is 0 Å². The molecule has 1 atom stereocenters. The van der Waals surface area contributed by atoms with E-state index in [2.05, 4.69) is 13.5 Å². The summed E-state index contributed by atoms with van der Waals surface area (Å²) in [5.74, 6) is 0. The summed E-state index contributed by atoms with van der Waals surface area (Å²) in [5, 5.41) is -0.553. The van der Waals surface area contributed by atoms with Gasteiger partial charge >= 0.3 is 0 Å². The molecule has 0 aromatic heterocycles. The molecule has 21 heavy (non-hydrogen) atoms. The quantitative estimate of drug-likeness (QED) is 0.299. The zero-order valence-electron chi connectivity index (χ0n) is 14.5. The molecule has 0 saturated heterocycles. The second-order valence-electron chi connectivity index (χ2n) is 6.02. The SMILES string of the molecule is C=C(C)C.CCCCCCCCCCC(CC)S(=O)(=O)O. The van der Waals surface area contributed by atoms with Crippen LogP contribution in [-0.2, 0) is 10.1 Å². The van der Waals surface area contributed by atoms with Gasteiger partial charge in [0.15, 0.2) is 0 Å². The van der Waals surface area contributed by atoms with E-state index < -0.39 is 15.4 Å². The zero-order chi connectivity index (χ0) is 16.7. The molecule has 128 valence electrons. The number of hydrogen-bond acceptors (Lipinski definition) is 2. The van der Waals surface area contributed by atoms with Crippen LogP contribution in [0.15, 0.2) is 12.2 Å². The molecule has 0 spiro atoms. The summed E-state index contributed by atoms with van der Waals surface area (Å²) in [7, 11) is -3.82. The minimum absolute atomic E-state index is 0.509. The van der Waals surface area contributed by atoms with Crippen molar-refractivity contribution in [1.29, 1.82) is 0 Å². The van der Waals surface area contributed by atoms with Gasteiger partial charge in [-0.15, -0.1) is 6.58 Å². The monoisotopic (exact) mass is 320 g/mol. The first-order valence-corrected chi connectivity index (χ1v) is 9.84. The van der Waals surface area contributed by atoms with E-state index >= 15 is 0 Å². The fourth-order valence-electron chi connectivity index (χ4n) is 2.07. The number of hydrogen-bond donors (Lipinski definition) is 1. The van der Waals surface area contributed by atoms with Gasteiger partial charge in [0.1, 0.15) is 0 Å². The standard InChI is InChI=1S/C13H28O3S.C4H8/c1-3-5-6-7-8-9-10-11-12-13(4-2)17(14,15)16;1-4(2)3/h13H,3-12H2,1-2H3,(H,14,15,16);1H2,2-3H3. The van der Waals surface area contributed by atoms with Crippen molar-refractivity contribution in [3.63, 3.8) is 0 Å². The minimum Gasteiger partial charge on any atom is -0.285 e. The molecule has 3 nitrogen and oxygen atoms in total. The van der Waals surface area contributed by atoms with Gasteiger partial charge in [0.2, 0.25) is 0 Å². The van der Waals surface area contributed by atoms with Crippen molar-refractivity contribution in [1.82, 2.24) is 0 Å². The minimum atomic E-state index is -3.82. The molecule has 0 aromatic carbocycles. The van der Waals surface area contributed by atoms with Crippen molar-refractivity contribution >= 4 is 10.1 Å². The van der Waals surface area contributed by atoms with Gasteiger partial charge in [0, 0.05) is 0 Å². The molecule has 0 amide bonds. The highest BCUT2D eigenvalue weighted by Gasteiger charge is 2.19. The third kappa shape index (κ3) is 19.6. The summed E-state index contributed by atoms with van der Waals surface area (Å²) in [6.07, 6.45) is 10.7. The highest BCUT2D eigenvalue weighted by Crippen LogP contribution is 2.15. The molecule has 0 rings (SSSR count). The Hall–Kier alpha value is -0.350. The molecule has 0 radical (unpaired) electrons. The van der Waals surface area contributed by atoms with E-state index in [-0.39, 0.29) is 0 Å². The fourth-order valence-corrected chi connectivity index (χ4v) is 2.96. The van der Waals surface area contributed by atoms with E-state index in [1.54, 1.807) is 0 Å². The maximum absolute atomic E-state index is 11.0. The highest BCUT2D eigenvalue weighted by atomic mass is 32.2. The Morgan fingerprint density at radius 2 is 1.33 bits per heavy atom. The Morgan fingerprint density at radius 3 is 1.67 bits per heavy atom. The summed E-state index contributed by atoms with van der Waals surface area (Å²) in [6.45, 7) is 11.5. The van der Waals surface area contributed by atoms with E-state index in [4.69, 9.17) is 4.55 Å². The van der Waals surface area contributed by atoms with Gasteiger partial charge in [-0.25, -0.2) is 0 Å². The zero-order valence-corrected chi connectivity index (χ0v) is 15.3. The summed E-state index contributed by atoms with van der Waals surface area (Å²) < 4.78 is 30.9. The molecule has 0 bridgehead atoms. The Balaban J connectivity index is 0. The van der Waals surface area contributed by atoms with Crippen LogP contribution in [0.5, 0.6) is 0 Å². The molecule has 4 heteroatoms. The van der Waals surface area contributed by atoms with Crippen LogP contribution in [0.2, 0.25) is 0 Å². The lowest BCUT2D eigenvalue weighted by molar-refractivity contribution is 0.452. The molecular formula is C17H36O3S. The second-order valence-corrected chi connectivity index (χ2v) is 7.71. The van der Waals surface area contributed by atoms with E-state index in [0.717, 1.165) is 12.8 Å². The normalized spacial score (nSPS) is 12.4. The summed E-state index contributed by atoms with van der Waals surface area (Å²) in [5.41, 5.74) is 1.17.